The van der Waals surface area contributed by atoms with Gasteiger partial charge in [0, 0.05) is 23.2 Å². The summed E-state index contributed by atoms with van der Waals surface area (Å²) >= 11 is 0. The van der Waals surface area contributed by atoms with Gasteiger partial charge in [-0.2, -0.15) is 4.98 Å². The van der Waals surface area contributed by atoms with Crippen molar-refractivity contribution in [1.29, 1.82) is 0 Å². The summed E-state index contributed by atoms with van der Waals surface area (Å²) in [6.45, 7) is 10.6. The average molecular weight is 237 g/mol. The van der Waals surface area contributed by atoms with Crippen LogP contribution in [0.5, 0.6) is 5.88 Å². The van der Waals surface area contributed by atoms with Gasteiger partial charge in [-0.05, 0) is 20.3 Å². The van der Waals surface area contributed by atoms with Crippen molar-refractivity contribution in [1.82, 2.24) is 9.97 Å². The summed E-state index contributed by atoms with van der Waals surface area (Å²) < 4.78 is 5.66. The molecule has 17 heavy (non-hydrogen) atoms. The van der Waals surface area contributed by atoms with Crippen molar-refractivity contribution in [2.24, 2.45) is 5.73 Å². The average Bonchev–Trinajstić information content (AvgIpc) is 2.26. The number of aromatic nitrogens is 2. The van der Waals surface area contributed by atoms with Crippen molar-refractivity contribution in [3.05, 3.63) is 17.6 Å². The van der Waals surface area contributed by atoms with Crippen LogP contribution in [0.4, 0.5) is 0 Å². The highest BCUT2D eigenvalue weighted by atomic mass is 16.5. The highest BCUT2D eigenvalue weighted by molar-refractivity contribution is 5.16. The van der Waals surface area contributed by atoms with Crippen LogP contribution in [0, 0.1) is 6.92 Å². The van der Waals surface area contributed by atoms with Crippen molar-refractivity contribution in [3.8, 4) is 5.88 Å². The highest BCUT2D eigenvalue weighted by Crippen LogP contribution is 2.16. The van der Waals surface area contributed by atoms with E-state index < -0.39 is 0 Å². The van der Waals surface area contributed by atoms with Gasteiger partial charge < -0.3 is 10.5 Å². The van der Waals surface area contributed by atoms with Gasteiger partial charge in [-0.3, -0.25) is 0 Å². The second kappa shape index (κ2) is 5.45. The molecule has 0 fully saturated rings. The first-order chi connectivity index (χ1) is 7.84. The van der Waals surface area contributed by atoms with Crippen LogP contribution in [0.25, 0.3) is 0 Å². The molecule has 0 bridgehead atoms. The lowest BCUT2D eigenvalue weighted by molar-refractivity contribution is 0.217. The molecule has 1 atom stereocenters. The van der Waals surface area contributed by atoms with E-state index in [1.165, 1.54) is 0 Å². The van der Waals surface area contributed by atoms with Gasteiger partial charge in [-0.1, -0.05) is 20.8 Å². The molecular formula is C13H23N3O. The summed E-state index contributed by atoms with van der Waals surface area (Å²) in [7, 11) is 0. The van der Waals surface area contributed by atoms with E-state index in [1.54, 1.807) is 0 Å². The van der Waals surface area contributed by atoms with Crippen molar-refractivity contribution in [2.45, 2.75) is 52.5 Å². The molecule has 4 heteroatoms. The SMILES string of the molecule is CCC(C)(N)COc1cc(C)nc(C(C)C)n1. The van der Waals surface area contributed by atoms with Crippen molar-refractivity contribution in [2.75, 3.05) is 6.61 Å². The molecule has 1 rings (SSSR count). The van der Waals surface area contributed by atoms with E-state index in [4.69, 9.17) is 10.5 Å². The Morgan fingerprint density at radius 1 is 1.41 bits per heavy atom. The predicted octanol–water partition coefficient (Wildman–Crippen LogP) is 2.41. The molecule has 96 valence electrons. The van der Waals surface area contributed by atoms with Gasteiger partial charge in [0.2, 0.25) is 5.88 Å². The van der Waals surface area contributed by atoms with Gasteiger partial charge in [0.1, 0.15) is 12.4 Å². The number of aryl methyl sites for hydroxylation is 1. The minimum absolute atomic E-state index is 0.299. The third kappa shape index (κ3) is 4.30. The monoisotopic (exact) mass is 237 g/mol. The van der Waals surface area contributed by atoms with E-state index in [9.17, 15) is 0 Å². The van der Waals surface area contributed by atoms with Gasteiger partial charge >= 0.3 is 0 Å². The van der Waals surface area contributed by atoms with E-state index >= 15 is 0 Å². The maximum atomic E-state index is 6.03. The van der Waals surface area contributed by atoms with Crippen LogP contribution in [0.1, 0.15) is 51.6 Å². The lowest BCUT2D eigenvalue weighted by atomic mass is 10.0. The summed E-state index contributed by atoms with van der Waals surface area (Å²) in [5.74, 6) is 1.73. The van der Waals surface area contributed by atoms with Crippen LogP contribution >= 0.6 is 0 Å². The third-order valence-corrected chi connectivity index (χ3v) is 2.72. The Bertz CT molecular complexity index is 375. The van der Waals surface area contributed by atoms with Gasteiger partial charge in [0.15, 0.2) is 0 Å². The third-order valence-electron chi connectivity index (χ3n) is 2.72. The lowest BCUT2D eigenvalue weighted by Gasteiger charge is -2.22. The molecule has 1 aromatic heterocycles. The van der Waals surface area contributed by atoms with Crippen molar-refractivity contribution < 1.29 is 4.74 Å². The van der Waals surface area contributed by atoms with Crippen LogP contribution in [0.2, 0.25) is 0 Å². The van der Waals surface area contributed by atoms with Crippen molar-refractivity contribution in [3.63, 3.8) is 0 Å². The number of hydrogen-bond donors (Lipinski definition) is 1. The molecule has 0 radical (unpaired) electrons. The van der Waals surface area contributed by atoms with E-state index in [1.807, 2.05) is 26.8 Å². The Morgan fingerprint density at radius 2 is 2.06 bits per heavy atom. The molecule has 0 aliphatic rings. The van der Waals surface area contributed by atoms with Gasteiger partial charge in [0.05, 0.1) is 0 Å². The molecular weight excluding hydrogens is 214 g/mol. The summed E-state index contributed by atoms with van der Waals surface area (Å²) in [6.07, 6.45) is 0.869. The van der Waals surface area contributed by atoms with Gasteiger partial charge in [-0.15, -0.1) is 0 Å². The number of nitrogens with two attached hydrogens (primary N) is 1. The highest BCUT2D eigenvalue weighted by Gasteiger charge is 2.17. The topological polar surface area (TPSA) is 61.0 Å². The lowest BCUT2D eigenvalue weighted by Crippen LogP contribution is -2.41. The fraction of sp³-hybridized carbons (Fsp3) is 0.692. The Morgan fingerprint density at radius 3 is 2.59 bits per heavy atom. The molecule has 1 unspecified atom stereocenters. The van der Waals surface area contributed by atoms with Crippen molar-refractivity contribution >= 4 is 0 Å². The minimum atomic E-state index is -0.309. The van der Waals surface area contributed by atoms with Crippen LogP contribution in [-0.2, 0) is 0 Å². The minimum Gasteiger partial charge on any atom is -0.476 e. The van der Waals surface area contributed by atoms with Crippen LogP contribution < -0.4 is 10.5 Å². The number of rotatable bonds is 5. The smallest absolute Gasteiger partial charge is 0.216 e. The largest absolute Gasteiger partial charge is 0.476 e. The standard InChI is InChI=1S/C13H23N3O/c1-6-13(5,14)8-17-11-7-10(4)15-12(16-11)9(2)3/h7,9H,6,8,14H2,1-5H3. The second-order valence-electron chi connectivity index (χ2n) is 5.16. The van der Waals surface area contributed by atoms with E-state index in [-0.39, 0.29) is 5.54 Å². The van der Waals surface area contributed by atoms with E-state index in [0.29, 0.717) is 18.4 Å². The summed E-state index contributed by atoms with van der Waals surface area (Å²) in [4.78, 5) is 8.76. The molecule has 0 saturated carbocycles. The number of nitrogens with zero attached hydrogens (tertiary/aromatic N) is 2. The zero-order chi connectivity index (χ0) is 13.1. The Kier molecular flexibility index (Phi) is 4.46. The molecule has 0 aromatic carbocycles. The number of hydrogen-bond acceptors (Lipinski definition) is 4. The van der Waals surface area contributed by atoms with Crippen LogP contribution in [0.3, 0.4) is 0 Å². The first kappa shape index (κ1) is 13.9. The Balaban J connectivity index is 2.78. The van der Waals surface area contributed by atoms with Crippen LogP contribution in [-0.4, -0.2) is 22.1 Å². The molecule has 0 saturated heterocycles. The summed E-state index contributed by atoms with van der Waals surface area (Å²) in [5, 5.41) is 0. The predicted molar refractivity (Wildman–Crippen MR) is 69.2 cm³/mol. The molecule has 0 spiro atoms. The van der Waals surface area contributed by atoms with Gasteiger partial charge in [0.25, 0.3) is 0 Å². The quantitative estimate of drug-likeness (QED) is 0.854. The maximum Gasteiger partial charge on any atom is 0.216 e. The van der Waals surface area contributed by atoms with Crippen LogP contribution in [0.15, 0.2) is 6.07 Å². The molecule has 0 aliphatic carbocycles. The molecule has 0 aliphatic heterocycles. The van der Waals surface area contributed by atoms with Gasteiger partial charge in [-0.25, -0.2) is 4.98 Å². The zero-order valence-electron chi connectivity index (χ0n) is 11.4. The normalized spacial score (nSPS) is 14.8. The zero-order valence-corrected chi connectivity index (χ0v) is 11.4. The molecule has 1 heterocycles. The molecule has 4 nitrogen and oxygen atoms in total. The Labute approximate surface area is 104 Å². The first-order valence-corrected chi connectivity index (χ1v) is 6.11. The number of ether oxygens (including phenoxy) is 1. The van der Waals surface area contributed by atoms with E-state index in [2.05, 4.69) is 23.8 Å². The first-order valence-electron chi connectivity index (χ1n) is 6.11. The fourth-order valence-corrected chi connectivity index (χ4v) is 1.23. The Hall–Kier alpha value is -1.16. The maximum absolute atomic E-state index is 6.03. The molecule has 1 aromatic rings. The second-order valence-corrected chi connectivity index (χ2v) is 5.16. The molecule has 0 amide bonds. The van der Waals surface area contributed by atoms with E-state index in [0.717, 1.165) is 17.9 Å². The summed E-state index contributed by atoms with van der Waals surface area (Å²) in [6, 6.07) is 1.84. The summed E-state index contributed by atoms with van der Waals surface area (Å²) in [5.41, 5.74) is 6.65. The molecule has 2 N–H and O–H groups in total. The fourth-order valence-electron chi connectivity index (χ4n) is 1.23.